The predicted octanol–water partition coefficient (Wildman–Crippen LogP) is 5.06. The van der Waals surface area contributed by atoms with Gasteiger partial charge in [0.2, 0.25) is 0 Å². The summed E-state index contributed by atoms with van der Waals surface area (Å²) in [4.78, 5) is 14.6. The summed E-state index contributed by atoms with van der Waals surface area (Å²) in [5.74, 6) is -0.257. The molecule has 0 unspecified atom stereocenters. The van der Waals surface area contributed by atoms with Crippen LogP contribution in [0.1, 0.15) is 22.8 Å². The standard InChI is InChI=1S/C21H17BrClN3O3S/c1-14(25-26-30(28,29)20-12-6-17(22)7-13-20)15-4-10-19(11-5-15)24-21(27)16-2-8-18(23)9-3-16/h2-13,26H,1H3,(H,24,27)/b25-14+. The molecule has 0 aliphatic heterocycles. The van der Waals surface area contributed by atoms with Crippen LogP contribution in [0.25, 0.3) is 0 Å². The fourth-order valence-corrected chi connectivity index (χ4v) is 3.71. The number of hydrogen-bond acceptors (Lipinski definition) is 4. The molecule has 30 heavy (non-hydrogen) atoms. The molecule has 3 rings (SSSR count). The number of amides is 1. The molecule has 0 saturated carbocycles. The second-order valence-electron chi connectivity index (χ2n) is 6.28. The van der Waals surface area contributed by atoms with Crippen LogP contribution in [0.4, 0.5) is 5.69 Å². The van der Waals surface area contributed by atoms with E-state index >= 15 is 0 Å². The van der Waals surface area contributed by atoms with Crippen LogP contribution in [0.2, 0.25) is 5.02 Å². The van der Waals surface area contributed by atoms with Crippen LogP contribution < -0.4 is 10.1 Å². The molecule has 1 amide bonds. The molecule has 3 aromatic rings. The Morgan fingerprint density at radius 2 is 1.47 bits per heavy atom. The topological polar surface area (TPSA) is 87.6 Å². The first-order chi connectivity index (χ1) is 14.2. The molecule has 0 bridgehead atoms. The first-order valence-electron chi connectivity index (χ1n) is 8.73. The van der Waals surface area contributed by atoms with Crippen molar-refractivity contribution in [1.29, 1.82) is 0 Å². The number of nitrogens with one attached hydrogen (secondary N) is 2. The maximum atomic E-state index is 12.3. The molecule has 0 aliphatic carbocycles. The lowest BCUT2D eigenvalue weighted by molar-refractivity contribution is 0.102. The van der Waals surface area contributed by atoms with Gasteiger partial charge in [-0.25, -0.2) is 0 Å². The number of sulfonamides is 1. The lowest BCUT2D eigenvalue weighted by atomic mass is 10.1. The zero-order chi connectivity index (χ0) is 21.7. The second-order valence-corrected chi connectivity index (χ2v) is 9.30. The molecule has 154 valence electrons. The molecule has 0 heterocycles. The van der Waals surface area contributed by atoms with Crippen molar-refractivity contribution in [2.45, 2.75) is 11.8 Å². The molecule has 6 nitrogen and oxygen atoms in total. The average Bonchev–Trinajstić information content (AvgIpc) is 2.73. The molecule has 9 heteroatoms. The Labute approximate surface area is 188 Å². The Hall–Kier alpha value is -2.68. The Kier molecular flexibility index (Phi) is 6.91. The number of hydrogen-bond donors (Lipinski definition) is 2. The lowest BCUT2D eigenvalue weighted by Gasteiger charge is -2.08. The molecule has 0 atom stereocenters. The van der Waals surface area contributed by atoms with E-state index < -0.39 is 10.0 Å². The van der Waals surface area contributed by atoms with Crippen LogP contribution in [-0.4, -0.2) is 20.0 Å². The van der Waals surface area contributed by atoms with Gasteiger partial charge in [0.1, 0.15) is 0 Å². The average molecular weight is 507 g/mol. The smallest absolute Gasteiger partial charge is 0.276 e. The number of carbonyl (C=O) groups excluding carboxylic acids is 1. The van der Waals surface area contributed by atoms with E-state index in [0.29, 0.717) is 27.5 Å². The van der Waals surface area contributed by atoms with Crippen LogP contribution >= 0.6 is 27.5 Å². The van der Waals surface area contributed by atoms with Crippen molar-refractivity contribution < 1.29 is 13.2 Å². The van der Waals surface area contributed by atoms with Gasteiger partial charge in [0.15, 0.2) is 0 Å². The molecule has 0 fully saturated rings. The van der Waals surface area contributed by atoms with Gasteiger partial charge in [-0.3, -0.25) is 4.79 Å². The maximum Gasteiger partial charge on any atom is 0.276 e. The summed E-state index contributed by atoms with van der Waals surface area (Å²) in [6.45, 7) is 1.69. The van der Waals surface area contributed by atoms with E-state index in [1.807, 2.05) is 0 Å². The van der Waals surface area contributed by atoms with E-state index in [9.17, 15) is 13.2 Å². The van der Waals surface area contributed by atoms with Crippen molar-refractivity contribution in [1.82, 2.24) is 4.83 Å². The minimum Gasteiger partial charge on any atom is -0.322 e. The van der Waals surface area contributed by atoms with Gasteiger partial charge in [-0.2, -0.15) is 18.4 Å². The summed E-state index contributed by atoms with van der Waals surface area (Å²) in [6, 6.07) is 19.7. The van der Waals surface area contributed by atoms with Gasteiger partial charge in [-0.15, -0.1) is 0 Å². The second kappa shape index (κ2) is 9.42. The number of nitrogens with zero attached hydrogens (tertiary/aromatic N) is 1. The number of hydrazone groups is 1. The summed E-state index contributed by atoms with van der Waals surface area (Å²) >= 11 is 9.10. The fourth-order valence-electron chi connectivity index (χ4n) is 2.46. The van der Waals surface area contributed by atoms with Crippen molar-refractivity contribution in [3.05, 3.63) is 93.4 Å². The van der Waals surface area contributed by atoms with Crippen LogP contribution in [0, 0.1) is 0 Å². The maximum absolute atomic E-state index is 12.3. The lowest BCUT2D eigenvalue weighted by Crippen LogP contribution is -2.20. The van der Waals surface area contributed by atoms with E-state index in [1.165, 1.54) is 12.1 Å². The third-order valence-corrected chi connectivity index (χ3v) is 6.13. The number of carbonyl (C=O) groups is 1. The third kappa shape index (κ3) is 5.69. The van der Waals surface area contributed by atoms with Crippen molar-refractivity contribution in [2.75, 3.05) is 5.32 Å². The first-order valence-corrected chi connectivity index (χ1v) is 11.4. The highest BCUT2D eigenvalue weighted by Gasteiger charge is 2.13. The normalized spacial score (nSPS) is 11.8. The van der Waals surface area contributed by atoms with E-state index in [0.717, 1.165) is 4.47 Å². The largest absolute Gasteiger partial charge is 0.322 e. The first kappa shape index (κ1) is 22.0. The van der Waals surface area contributed by atoms with E-state index in [2.05, 4.69) is 31.2 Å². The van der Waals surface area contributed by atoms with Gasteiger partial charge in [-0.1, -0.05) is 39.7 Å². The number of anilines is 1. The van der Waals surface area contributed by atoms with E-state index in [1.54, 1.807) is 67.6 Å². The minimum atomic E-state index is -3.76. The summed E-state index contributed by atoms with van der Waals surface area (Å²) in [6.07, 6.45) is 0. The molecule has 3 aromatic carbocycles. The zero-order valence-corrected chi connectivity index (χ0v) is 18.9. The van der Waals surface area contributed by atoms with Crippen molar-refractivity contribution in [3.63, 3.8) is 0 Å². The van der Waals surface area contributed by atoms with Crippen LogP contribution in [0.5, 0.6) is 0 Å². The summed E-state index contributed by atoms with van der Waals surface area (Å²) < 4.78 is 25.4. The van der Waals surface area contributed by atoms with Gasteiger partial charge >= 0.3 is 0 Å². The van der Waals surface area contributed by atoms with Crippen LogP contribution in [0.15, 0.2) is 87.3 Å². The zero-order valence-electron chi connectivity index (χ0n) is 15.8. The highest BCUT2D eigenvalue weighted by Crippen LogP contribution is 2.16. The molecule has 0 aliphatic rings. The molecule has 0 saturated heterocycles. The van der Waals surface area contributed by atoms with Gasteiger partial charge in [0.05, 0.1) is 10.6 Å². The molecular weight excluding hydrogens is 490 g/mol. The van der Waals surface area contributed by atoms with Crippen molar-refractivity contribution in [3.8, 4) is 0 Å². The van der Waals surface area contributed by atoms with Crippen molar-refractivity contribution in [2.24, 2.45) is 5.10 Å². The molecule has 0 spiro atoms. The molecule has 0 aromatic heterocycles. The SMILES string of the molecule is C/C(=N\NS(=O)(=O)c1ccc(Br)cc1)c1ccc(NC(=O)c2ccc(Cl)cc2)cc1. The van der Waals surface area contributed by atoms with Crippen LogP contribution in [-0.2, 0) is 10.0 Å². The highest BCUT2D eigenvalue weighted by atomic mass is 79.9. The number of halogens is 2. The van der Waals surface area contributed by atoms with Gasteiger partial charge in [-0.05, 0) is 73.2 Å². The van der Waals surface area contributed by atoms with E-state index in [4.69, 9.17) is 11.6 Å². The third-order valence-electron chi connectivity index (χ3n) is 4.12. The Morgan fingerprint density at radius 1 is 0.900 bits per heavy atom. The van der Waals surface area contributed by atoms with Gasteiger partial charge in [0.25, 0.3) is 15.9 Å². The molecule has 0 radical (unpaired) electrons. The predicted molar refractivity (Wildman–Crippen MR) is 123 cm³/mol. The summed E-state index contributed by atoms with van der Waals surface area (Å²) in [5.41, 5.74) is 2.27. The summed E-state index contributed by atoms with van der Waals surface area (Å²) in [7, 11) is -3.76. The Morgan fingerprint density at radius 3 is 2.07 bits per heavy atom. The minimum absolute atomic E-state index is 0.113. The van der Waals surface area contributed by atoms with Crippen LogP contribution in [0.3, 0.4) is 0 Å². The van der Waals surface area contributed by atoms with E-state index in [-0.39, 0.29) is 10.8 Å². The fraction of sp³-hybridized carbons (Fsp3) is 0.0476. The Balaban J connectivity index is 1.66. The Bertz CT molecular complexity index is 1180. The van der Waals surface area contributed by atoms with Gasteiger partial charge < -0.3 is 5.32 Å². The molecular formula is C21H17BrClN3O3S. The monoisotopic (exact) mass is 505 g/mol. The van der Waals surface area contributed by atoms with Gasteiger partial charge in [0, 0.05) is 20.7 Å². The highest BCUT2D eigenvalue weighted by molar-refractivity contribution is 9.10. The van der Waals surface area contributed by atoms with Crippen molar-refractivity contribution >= 4 is 54.9 Å². The number of benzene rings is 3. The summed E-state index contributed by atoms with van der Waals surface area (Å²) in [5, 5.41) is 7.32. The number of rotatable bonds is 6. The molecule has 2 N–H and O–H groups in total. The quantitative estimate of drug-likeness (QED) is 0.362.